The number of nitrogens with zero attached hydrogens (tertiary/aromatic N) is 1. The Kier molecular flexibility index (Phi) is 2.98. The molecule has 3 heteroatoms. The summed E-state index contributed by atoms with van der Waals surface area (Å²) in [6.07, 6.45) is 3.07. The second kappa shape index (κ2) is 3.81. The monoisotopic (exact) mass is 171 g/mol. The highest BCUT2D eigenvalue weighted by molar-refractivity contribution is 5.87. The van der Waals surface area contributed by atoms with E-state index >= 15 is 0 Å². The summed E-state index contributed by atoms with van der Waals surface area (Å²) < 4.78 is 12.8. The second-order valence-corrected chi connectivity index (χ2v) is 3.31. The quantitative estimate of drug-likeness (QED) is 0.581. The van der Waals surface area contributed by atoms with Crippen molar-refractivity contribution in [2.75, 3.05) is 13.6 Å². The van der Waals surface area contributed by atoms with Crippen LogP contribution >= 0.6 is 0 Å². The minimum atomic E-state index is -0.739. The number of likely N-dealkylation sites (tertiary alicyclic amines) is 1. The summed E-state index contributed by atoms with van der Waals surface area (Å²) in [4.78, 5) is 12.5. The number of likely N-dealkylation sites (N-methyl/N-ethyl adjacent to an activating group) is 1. The Labute approximate surface area is 72.1 Å². The maximum absolute atomic E-state index is 12.8. The van der Waals surface area contributed by atoms with Gasteiger partial charge in [0.25, 0.3) is 0 Å². The van der Waals surface area contributed by atoms with Crippen LogP contribution in [0.2, 0.25) is 0 Å². The van der Waals surface area contributed by atoms with Crippen LogP contribution in [0.15, 0.2) is 12.2 Å². The highest BCUT2D eigenvalue weighted by Gasteiger charge is 2.26. The Bertz CT molecular complexity index is 203. The fourth-order valence-corrected chi connectivity index (χ4v) is 1.44. The average molecular weight is 171 g/mol. The summed E-state index contributed by atoms with van der Waals surface area (Å²) in [5.41, 5.74) is 0. The van der Waals surface area contributed by atoms with Crippen molar-refractivity contribution in [3.63, 3.8) is 0 Å². The topological polar surface area (TPSA) is 20.3 Å². The molecule has 0 aromatic heterocycles. The van der Waals surface area contributed by atoms with Crippen LogP contribution in [-0.2, 0) is 4.79 Å². The molecule has 0 aromatic rings. The van der Waals surface area contributed by atoms with E-state index in [0.717, 1.165) is 0 Å². The van der Waals surface area contributed by atoms with Crippen molar-refractivity contribution in [2.24, 2.45) is 0 Å². The number of alkyl halides is 1. The summed E-state index contributed by atoms with van der Waals surface area (Å²) in [5.74, 6) is 0.0192. The van der Waals surface area contributed by atoms with Gasteiger partial charge in [0, 0.05) is 12.6 Å². The van der Waals surface area contributed by atoms with Crippen molar-refractivity contribution in [3.8, 4) is 0 Å². The van der Waals surface area contributed by atoms with Crippen molar-refractivity contribution in [3.05, 3.63) is 12.2 Å². The highest BCUT2D eigenvalue weighted by atomic mass is 19.1. The van der Waals surface area contributed by atoms with E-state index in [4.69, 9.17) is 0 Å². The van der Waals surface area contributed by atoms with Gasteiger partial charge in [-0.05, 0) is 26.5 Å². The molecule has 2 atom stereocenters. The second-order valence-electron chi connectivity index (χ2n) is 3.31. The fourth-order valence-electron chi connectivity index (χ4n) is 1.44. The molecule has 1 aliphatic heterocycles. The highest BCUT2D eigenvalue weighted by Crippen LogP contribution is 2.18. The Hall–Kier alpha value is -0.700. The van der Waals surface area contributed by atoms with E-state index < -0.39 is 6.17 Å². The van der Waals surface area contributed by atoms with Crippen molar-refractivity contribution in [2.45, 2.75) is 25.6 Å². The first-order chi connectivity index (χ1) is 5.59. The molecule has 1 saturated heterocycles. The van der Waals surface area contributed by atoms with E-state index in [2.05, 4.69) is 0 Å². The number of allylic oxidation sites excluding steroid dienone is 1. The predicted molar refractivity (Wildman–Crippen MR) is 45.8 cm³/mol. The number of carbonyl (C=O) groups is 1. The van der Waals surface area contributed by atoms with Gasteiger partial charge in [-0.1, -0.05) is 6.08 Å². The number of hydrogen-bond acceptors (Lipinski definition) is 2. The third-order valence-electron chi connectivity index (χ3n) is 2.10. The van der Waals surface area contributed by atoms with Gasteiger partial charge in [0.05, 0.1) is 0 Å². The molecule has 0 spiro atoms. The van der Waals surface area contributed by atoms with Crippen molar-refractivity contribution in [1.82, 2.24) is 4.90 Å². The first-order valence-electron chi connectivity index (χ1n) is 4.12. The lowest BCUT2D eigenvalue weighted by Gasteiger charge is -2.13. The largest absolute Gasteiger partial charge is 0.297 e. The van der Waals surface area contributed by atoms with E-state index in [1.807, 2.05) is 11.9 Å². The number of hydrogen-bond donors (Lipinski definition) is 0. The van der Waals surface area contributed by atoms with E-state index in [1.54, 1.807) is 6.08 Å². The lowest BCUT2D eigenvalue weighted by molar-refractivity contribution is -0.112. The fraction of sp³-hybridized carbons (Fsp3) is 0.667. The van der Waals surface area contributed by atoms with E-state index in [9.17, 15) is 9.18 Å². The molecule has 0 aromatic carbocycles. The summed E-state index contributed by atoms with van der Waals surface area (Å²) in [6.45, 7) is 1.98. The van der Waals surface area contributed by atoms with Crippen LogP contribution in [0.4, 0.5) is 4.39 Å². The van der Waals surface area contributed by atoms with Crippen molar-refractivity contribution < 1.29 is 9.18 Å². The summed E-state index contributed by atoms with van der Waals surface area (Å²) in [7, 11) is 1.87. The molecule has 1 heterocycles. The molecule has 0 radical (unpaired) electrons. The summed E-state index contributed by atoms with van der Waals surface area (Å²) >= 11 is 0. The Morgan fingerprint density at radius 2 is 2.33 bits per heavy atom. The molecule has 1 fully saturated rings. The van der Waals surface area contributed by atoms with Crippen LogP contribution in [0.1, 0.15) is 13.3 Å². The van der Waals surface area contributed by atoms with Crippen LogP contribution in [-0.4, -0.2) is 36.5 Å². The maximum Gasteiger partial charge on any atom is 0.152 e. The molecule has 1 aliphatic rings. The molecule has 1 rings (SSSR count). The third-order valence-corrected chi connectivity index (χ3v) is 2.10. The molecule has 0 N–H and O–H groups in total. The molecular formula is C9H14FNO. The molecule has 12 heavy (non-hydrogen) atoms. The predicted octanol–water partition coefficient (Wildman–Crippen LogP) is 1.17. The minimum Gasteiger partial charge on any atom is -0.297 e. The number of carbonyl (C=O) groups excluding carboxylic acids is 1. The lowest BCUT2D eigenvalue weighted by Crippen LogP contribution is -2.23. The van der Waals surface area contributed by atoms with E-state index in [-0.39, 0.29) is 11.8 Å². The third kappa shape index (κ3) is 2.41. The molecule has 0 amide bonds. The minimum absolute atomic E-state index is 0.0192. The van der Waals surface area contributed by atoms with Crippen LogP contribution in [0.25, 0.3) is 0 Å². The van der Waals surface area contributed by atoms with Gasteiger partial charge < -0.3 is 0 Å². The summed E-state index contributed by atoms with van der Waals surface area (Å²) in [6, 6.07) is 0.101. The van der Waals surface area contributed by atoms with Gasteiger partial charge in [0.2, 0.25) is 0 Å². The number of halogens is 1. The molecule has 2 nitrogen and oxygen atoms in total. The number of rotatable bonds is 2. The SMILES string of the molecule is CC(=O)/C=C/C1CC(F)CN1C. The molecule has 2 unspecified atom stereocenters. The Morgan fingerprint density at radius 3 is 2.75 bits per heavy atom. The van der Waals surface area contributed by atoms with Crippen LogP contribution in [0.5, 0.6) is 0 Å². The van der Waals surface area contributed by atoms with E-state index in [1.165, 1.54) is 13.0 Å². The number of ketones is 1. The average Bonchev–Trinajstić information content (AvgIpc) is 2.26. The molecular weight excluding hydrogens is 157 g/mol. The van der Waals surface area contributed by atoms with Gasteiger partial charge >= 0.3 is 0 Å². The van der Waals surface area contributed by atoms with Crippen molar-refractivity contribution >= 4 is 5.78 Å². The van der Waals surface area contributed by atoms with Gasteiger partial charge in [-0.2, -0.15) is 0 Å². The van der Waals surface area contributed by atoms with Crippen LogP contribution < -0.4 is 0 Å². The van der Waals surface area contributed by atoms with Gasteiger partial charge in [-0.3, -0.25) is 9.69 Å². The first-order valence-corrected chi connectivity index (χ1v) is 4.12. The zero-order valence-corrected chi connectivity index (χ0v) is 7.46. The van der Waals surface area contributed by atoms with Gasteiger partial charge in [0.1, 0.15) is 6.17 Å². The van der Waals surface area contributed by atoms with Gasteiger partial charge in [0.15, 0.2) is 5.78 Å². The Balaban J connectivity index is 2.48. The maximum atomic E-state index is 12.8. The zero-order valence-electron chi connectivity index (χ0n) is 7.46. The Morgan fingerprint density at radius 1 is 1.67 bits per heavy atom. The molecule has 68 valence electrons. The van der Waals surface area contributed by atoms with Crippen LogP contribution in [0.3, 0.4) is 0 Å². The first kappa shape index (κ1) is 9.39. The molecule has 0 saturated carbocycles. The standard InChI is InChI=1S/C9H14FNO/c1-7(12)3-4-9-5-8(10)6-11(9)2/h3-4,8-9H,5-6H2,1-2H3/b4-3+. The molecule has 0 bridgehead atoms. The van der Waals surface area contributed by atoms with Gasteiger partial charge in [-0.15, -0.1) is 0 Å². The molecule has 0 aliphatic carbocycles. The van der Waals surface area contributed by atoms with Crippen LogP contribution in [0, 0.1) is 0 Å². The van der Waals surface area contributed by atoms with Gasteiger partial charge in [-0.25, -0.2) is 4.39 Å². The zero-order chi connectivity index (χ0) is 9.14. The summed E-state index contributed by atoms with van der Waals surface area (Å²) in [5, 5.41) is 0. The lowest BCUT2D eigenvalue weighted by atomic mass is 10.2. The normalized spacial score (nSPS) is 31.6. The smallest absolute Gasteiger partial charge is 0.152 e. The van der Waals surface area contributed by atoms with Crippen molar-refractivity contribution in [1.29, 1.82) is 0 Å². The van der Waals surface area contributed by atoms with E-state index in [0.29, 0.717) is 13.0 Å².